The second-order valence-corrected chi connectivity index (χ2v) is 5.08. The molecule has 16 heavy (non-hydrogen) atoms. The number of hydrogen-bond acceptors (Lipinski definition) is 2. The van der Waals surface area contributed by atoms with Crippen molar-refractivity contribution in [3.05, 3.63) is 0 Å². The lowest BCUT2D eigenvalue weighted by Gasteiger charge is -2.21. The minimum atomic E-state index is -0.0533. The maximum absolute atomic E-state index is 11.7. The molecule has 92 valence electrons. The summed E-state index contributed by atoms with van der Waals surface area (Å²) in [6.45, 7) is 4.92. The molecule has 0 radical (unpaired) electrons. The summed E-state index contributed by atoms with van der Waals surface area (Å²) in [6, 6.07) is 0.355. The van der Waals surface area contributed by atoms with Crippen molar-refractivity contribution in [2.24, 2.45) is 5.92 Å². The number of carbonyl (C=O) groups is 1. The van der Waals surface area contributed by atoms with Gasteiger partial charge in [0.05, 0.1) is 12.1 Å². The molecule has 1 aliphatic heterocycles. The number of amides is 2. The molecule has 1 saturated heterocycles. The molecule has 3 unspecified atom stereocenters. The van der Waals surface area contributed by atoms with Crippen LogP contribution in [0.15, 0.2) is 0 Å². The molecule has 0 aromatic rings. The number of ether oxygens (including phenoxy) is 1. The molecule has 1 saturated carbocycles. The lowest BCUT2D eigenvalue weighted by molar-refractivity contribution is 0.0858. The van der Waals surface area contributed by atoms with Gasteiger partial charge < -0.3 is 15.4 Å². The molecule has 2 aliphatic rings. The Kier molecular flexibility index (Phi) is 3.69. The van der Waals surface area contributed by atoms with Crippen LogP contribution in [-0.2, 0) is 4.74 Å². The van der Waals surface area contributed by atoms with Gasteiger partial charge in [-0.1, -0.05) is 0 Å². The predicted octanol–water partition coefficient (Wildman–Crippen LogP) is 1.65. The number of rotatable bonds is 4. The average Bonchev–Trinajstić information content (AvgIpc) is 2.93. The summed E-state index contributed by atoms with van der Waals surface area (Å²) in [5.41, 5.74) is 0. The molecule has 4 nitrogen and oxygen atoms in total. The SMILES string of the molecule is CC(NC(=O)NC(C)C1CCCO1)C1CC1. The number of hydrogen-bond donors (Lipinski definition) is 2. The van der Waals surface area contributed by atoms with Crippen molar-refractivity contribution < 1.29 is 9.53 Å². The van der Waals surface area contributed by atoms with Crippen molar-refractivity contribution in [3.8, 4) is 0 Å². The fourth-order valence-corrected chi connectivity index (χ4v) is 2.26. The van der Waals surface area contributed by atoms with Crippen LogP contribution in [0, 0.1) is 5.92 Å². The molecule has 2 rings (SSSR count). The summed E-state index contributed by atoms with van der Waals surface area (Å²) in [4.78, 5) is 11.7. The molecule has 1 aliphatic carbocycles. The minimum absolute atomic E-state index is 0.0533. The first-order valence-corrected chi connectivity index (χ1v) is 6.35. The van der Waals surface area contributed by atoms with Crippen LogP contribution in [0.4, 0.5) is 4.79 Å². The van der Waals surface area contributed by atoms with Gasteiger partial charge in [-0.25, -0.2) is 4.79 Å². The summed E-state index contributed by atoms with van der Waals surface area (Å²) >= 11 is 0. The molecular formula is C12H22N2O2. The molecule has 2 N–H and O–H groups in total. The van der Waals surface area contributed by atoms with E-state index in [-0.39, 0.29) is 18.2 Å². The van der Waals surface area contributed by atoms with E-state index >= 15 is 0 Å². The molecular weight excluding hydrogens is 204 g/mol. The van der Waals surface area contributed by atoms with E-state index in [0.29, 0.717) is 12.0 Å². The van der Waals surface area contributed by atoms with Crippen molar-refractivity contribution >= 4 is 6.03 Å². The van der Waals surface area contributed by atoms with Gasteiger partial charge in [-0.2, -0.15) is 0 Å². The van der Waals surface area contributed by atoms with E-state index in [1.54, 1.807) is 0 Å². The van der Waals surface area contributed by atoms with Crippen LogP contribution < -0.4 is 10.6 Å². The van der Waals surface area contributed by atoms with E-state index < -0.39 is 0 Å². The smallest absolute Gasteiger partial charge is 0.315 e. The van der Waals surface area contributed by atoms with E-state index in [2.05, 4.69) is 17.6 Å². The Labute approximate surface area is 97.1 Å². The monoisotopic (exact) mass is 226 g/mol. The first-order valence-electron chi connectivity index (χ1n) is 6.35. The number of urea groups is 1. The highest BCUT2D eigenvalue weighted by Gasteiger charge is 2.30. The van der Waals surface area contributed by atoms with Gasteiger partial charge in [0, 0.05) is 12.6 Å². The normalized spacial score (nSPS) is 28.5. The van der Waals surface area contributed by atoms with Crippen LogP contribution in [0.1, 0.15) is 39.5 Å². The molecule has 0 aromatic heterocycles. The van der Waals surface area contributed by atoms with E-state index in [9.17, 15) is 4.79 Å². The average molecular weight is 226 g/mol. The highest BCUT2D eigenvalue weighted by atomic mass is 16.5. The zero-order valence-corrected chi connectivity index (χ0v) is 10.2. The first-order chi connectivity index (χ1) is 7.66. The number of nitrogens with one attached hydrogen (secondary N) is 2. The molecule has 0 spiro atoms. The highest BCUT2D eigenvalue weighted by Crippen LogP contribution is 2.32. The largest absolute Gasteiger partial charge is 0.376 e. The third kappa shape index (κ3) is 3.11. The minimum Gasteiger partial charge on any atom is -0.376 e. The zero-order chi connectivity index (χ0) is 11.5. The second kappa shape index (κ2) is 5.04. The molecule has 1 heterocycles. The molecule has 0 aromatic carbocycles. The lowest BCUT2D eigenvalue weighted by Crippen LogP contribution is -2.48. The van der Waals surface area contributed by atoms with Crippen LogP contribution in [0.2, 0.25) is 0 Å². The van der Waals surface area contributed by atoms with Gasteiger partial charge in [-0.05, 0) is 45.4 Å². The first kappa shape index (κ1) is 11.7. The Morgan fingerprint density at radius 3 is 2.44 bits per heavy atom. The summed E-state index contributed by atoms with van der Waals surface area (Å²) in [5, 5.41) is 5.95. The van der Waals surface area contributed by atoms with Gasteiger partial charge in [0.25, 0.3) is 0 Å². The summed E-state index contributed by atoms with van der Waals surface area (Å²) in [6.07, 6.45) is 4.86. The van der Waals surface area contributed by atoms with Gasteiger partial charge in [-0.15, -0.1) is 0 Å². The third-order valence-corrected chi connectivity index (χ3v) is 3.57. The van der Waals surface area contributed by atoms with Crippen molar-refractivity contribution in [1.29, 1.82) is 0 Å². The standard InChI is InChI=1S/C12H22N2O2/c1-8(10-5-6-10)13-12(15)14-9(2)11-4-3-7-16-11/h8-11H,3-7H2,1-2H3,(H2,13,14,15). The van der Waals surface area contributed by atoms with Gasteiger partial charge in [0.2, 0.25) is 0 Å². The van der Waals surface area contributed by atoms with Gasteiger partial charge >= 0.3 is 6.03 Å². The van der Waals surface area contributed by atoms with Crippen molar-refractivity contribution in [3.63, 3.8) is 0 Å². The van der Waals surface area contributed by atoms with Crippen molar-refractivity contribution in [2.75, 3.05) is 6.61 Å². The molecule has 3 atom stereocenters. The summed E-state index contributed by atoms with van der Waals surface area (Å²) in [7, 11) is 0. The van der Waals surface area contributed by atoms with E-state index in [1.807, 2.05) is 6.92 Å². The summed E-state index contributed by atoms with van der Waals surface area (Å²) < 4.78 is 5.54. The Bertz CT molecular complexity index is 247. The molecule has 0 bridgehead atoms. The van der Waals surface area contributed by atoms with Crippen LogP contribution in [0.25, 0.3) is 0 Å². The van der Waals surface area contributed by atoms with Gasteiger partial charge in [0.15, 0.2) is 0 Å². The van der Waals surface area contributed by atoms with Crippen LogP contribution in [0.5, 0.6) is 0 Å². The summed E-state index contributed by atoms with van der Waals surface area (Å²) in [5.74, 6) is 0.698. The maximum Gasteiger partial charge on any atom is 0.315 e. The van der Waals surface area contributed by atoms with E-state index in [1.165, 1.54) is 12.8 Å². The van der Waals surface area contributed by atoms with E-state index in [4.69, 9.17) is 4.74 Å². The topological polar surface area (TPSA) is 50.4 Å². The second-order valence-electron chi connectivity index (χ2n) is 5.08. The molecule has 2 fully saturated rings. The van der Waals surface area contributed by atoms with Gasteiger partial charge in [0.1, 0.15) is 0 Å². The van der Waals surface area contributed by atoms with Gasteiger partial charge in [-0.3, -0.25) is 0 Å². The van der Waals surface area contributed by atoms with Crippen molar-refractivity contribution in [1.82, 2.24) is 10.6 Å². The van der Waals surface area contributed by atoms with E-state index in [0.717, 1.165) is 19.4 Å². The zero-order valence-electron chi connectivity index (χ0n) is 10.2. The lowest BCUT2D eigenvalue weighted by atomic mass is 10.1. The molecule has 2 amide bonds. The Balaban J connectivity index is 1.68. The Hall–Kier alpha value is -0.770. The Morgan fingerprint density at radius 1 is 1.19 bits per heavy atom. The van der Waals surface area contributed by atoms with Crippen LogP contribution in [0.3, 0.4) is 0 Å². The van der Waals surface area contributed by atoms with Crippen LogP contribution in [-0.4, -0.2) is 30.8 Å². The maximum atomic E-state index is 11.7. The van der Waals surface area contributed by atoms with Crippen molar-refractivity contribution in [2.45, 2.75) is 57.7 Å². The Morgan fingerprint density at radius 2 is 1.88 bits per heavy atom. The predicted molar refractivity (Wildman–Crippen MR) is 62.3 cm³/mol. The third-order valence-electron chi connectivity index (χ3n) is 3.57. The number of carbonyl (C=O) groups excluding carboxylic acids is 1. The fourth-order valence-electron chi connectivity index (χ4n) is 2.26. The van der Waals surface area contributed by atoms with Crippen LogP contribution >= 0.6 is 0 Å². The molecule has 4 heteroatoms. The highest BCUT2D eigenvalue weighted by molar-refractivity contribution is 5.74. The quantitative estimate of drug-likeness (QED) is 0.766. The fraction of sp³-hybridized carbons (Fsp3) is 0.917.